The minimum Gasteiger partial charge on any atom is -0.467 e. The number of aryl methyl sites for hydroxylation is 2. The van der Waals surface area contributed by atoms with E-state index >= 15 is 0 Å². The summed E-state index contributed by atoms with van der Waals surface area (Å²) in [5.41, 5.74) is 5.41. The summed E-state index contributed by atoms with van der Waals surface area (Å²) in [4.78, 5) is 86.4. The van der Waals surface area contributed by atoms with Crippen molar-refractivity contribution in [2.75, 3.05) is 96.6 Å². The highest BCUT2D eigenvalue weighted by Crippen LogP contribution is 2.58. The lowest BCUT2D eigenvalue weighted by atomic mass is 9.67. The van der Waals surface area contributed by atoms with Crippen molar-refractivity contribution in [1.29, 1.82) is 0 Å². The monoisotopic (exact) mass is 1760 g/mol. The van der Waals surface area contributed by atoms with Gasteiger partial charge in [-0.05, 0) is 256 Å². The number of hydrogen-bond acceptors (Lipinski definition) is 26. The van der Waals surface area contributed by atoms with Gasteiger partial charge < -0.3 is 95.1 Å². The Kier molecular flexibility index (Phi) is 36.7. The van der Waals surface area contributed by atoms with Crippen LogP contribution in [-0.4, -0.2) is 278 Å². The number of para-hydroxylation sites is 1. The molecule has 27 heteroatoms. The van der Waals surface area contributed by atoms with Gasteiger partial charge in [0.15, 0.2) is 36.7 Å². The minimum absolute atomic E-state index is 0.0364. The number of allylic oxidation sites excluding steroid dienone is 8. The second-order valence-corrected chi connectivity index (χ2v) is 38.1. The molecule has 1 aromatic rings. The summed E-state index contributed by atoms with van der Waals surface area (Å²) in [6.07, 6.45) is 19.4. The number of benzene rings is 1. The summed E-state index contributed by atoms with van der Waals surface area (Å²) < 4.78 is 109. The Morgan fingerprint density at radius 1 is 0.480 bits per heavy atom. The molecule has 6 saturated heterocycles. The first-order valence-electron chi connectivity index (χ1n) is 46.7. The quantitative estimate of drug-likeness (QED) is 0.0559. The maximum Gasteiger partial charge on any atom is 0.328 e. The van der Waals surface area contributed by atoms with Crippen molar-refractivity contribution >= 4 is 41.1 Å². The van der Waals surface area contributed by atoms with E-state index in [0.29, 0.717) is 36.8 Å². The molecule has 2 saturated carbocycles. The number of cyclic esters (lactones) is 2. The lowest BCUT2D eigenvalue weighted by Crippen LogP contribution is -2.59. The van der Waals surface area contributed by atoms with Crippen molar-refractivity contribution in [2.24, 2.45) is 71.0 Å². The van der Waals surface area contributed by atoms with Crippen molar-refractivity contribution < 1.29 is 114 Å². The number of rotatable bonds is 23. The molecule has 0 radical (unpaired) electrons. The van der Waals surface area contributed by atoms with Gasteiger partial charge in [-0.3, -0.25) is 28.9 Å². The number of carbonyl (C=O) groups is 6. The van der Waals surface area contributed by atoms with E-state index in [1.54, 1.807) is 49.6 Å². The van der Waals surface area contributed by atoms with Crippen LogP contribution in [0.15, 0.2) is 65.3 Å². The number of likely N-dealkylation sites (N-methyl/N-ethyl adjacent to an activating group) is 2. The van der Waals surface area contributed by atoms with Gasteiger partial charge in [0.05, 0.1) is 74.5 Å². The molecular formula is C98H153N3O24. The number of amides is 1. The summed E-state index contributed by atoms with van der Waals surface area (Å²) in [7, 11) is 21.1. The molecule has 6 aliphatic carbocycles. The number of carbonyl (C=O) groups excluding carboxylic acids is 6. The van der Waals surface area contributed by atoms with Gasteiger partial charge in [-0.2, -0.15) is 0 Å². The van der Waals surface area contributed by atoms with Crippen LogP contribution in [0, 0.1) is 84.9 Å². The van der Waals surface area contributed by atoms with Crippen molar-refractivity contribution in [2.45, 2.75) is 340 Å². The van der Waals surface area contributed by atoms with Gasteiger partial charge in [0, 0.05) is 85.5 Å². The van der Waals surface area contributed by atoms with Crippen molar-refractivity contribution in [3.63, 3.8) is 0 Å². The third-order valence-corrected chi connectivity index (χ3v) is 30.1. The number of nitrogens with zero attached hydrogens (tertiary/aromatic N) is 3. The highest BCUT2D eigenvalue weighted by Gasteiger charge is 2.57. The Labute approximate surface area is 744 Å². The molecule has 704 valence electrons. The average molecular weight is 1760 g/mol. The van der Waals surface area contributed by atoms with Crippen LogP contribution in [0.5, 0.6) is 0 Å². The summed E-state index contributed by atoms with van der Waals surface area (Å²) >= 11 is 0. The van der Waals surface area contributed by atoms with E-state index in [4.69, 9.17) is 85.3 Å². The lowest BCUT2D eigenvalue weighted by molar-refractivity contribution is -0.314. The molecule has 125 heavy (non-hydrogen) atoms. The van der Waals surface area contributed by atoms with Crippen LogP contribution in [-0.2, 0) is 114 Å². The van der Waals surface area contributed by atoms with E-state index in [2.05, 4.69) is 103 Å². The molecule has 0 N–H and O–H groups in total. The van der Waals surface area contributed by atoms with E-state index in [9.17, 15) is 28.8 Å². The first-order chi connectivity index (χ1) is 59.8. The maximum absolute atomic E-state index is 14.7. The van der Waals surface area contributed by atoms with Crippen LogP contribution >= 0.6 is 0 Å². The Morgan fingerprint density at radius 3 is 1.36 bits per heavy atom. The molecule has 12 aliphatic rings. The highest BCUT2D eigenvalue weighted by molar-refractivity contribution is 6.02. The minimum atomic E-state index is -0.706. The van der Waals surface area contributed by atoms with Gasteiger partial charge in [0.2, 0.25) is 0 Å². The molecule has 0 aromatic heterocycles. The third-order valence-electron chi connectivity index (χ3n) is 30.1. The number of methoxy groups -OCH3 is 8. The molecule has 1 aromatic carbocycles. The summed E-state index contributed by atoms with van der Waals surface area (Å²) in [6, 6.07) is 5.69. The summed E-state index contributed by atoms with van der Waals surface area (Å²) in [5.74, 6) is -0.707. The van der Waals surface area contributed by atoms with E-state index in [-0.39, 0.29) is 206 Å². The van der Waals surface area contributed by atoms with Gasteiger partial charge in [0.1, 0.15) is 61.5 Å². The Hall–Kier alpha value is -5.28. The van der Waals surface area contributed by atoms with Crippen molar-refractivity contribution in [3.8, 4) is 0 Å². The van der Waals surface area contributed by atoms with Gasteiger partial charge in [-0.1, -0.05) is 81.8 Å². The van der Waals surface area contributed by atoms with Crippen molar-refractivity contribution in [3.05, 3.63) is 76.4 Å². The Morgan fingerprint density at radius 2 is 0.928 bits per heavy atom. The van der Waals surface area contributed by atoms with Crippen LogP contribution in [0.2, 0.25) is 0 Å². The second-order valence-electron chi connectivity index (χ2n) is 38.1. The first kappa shape index (κ1) is 100. The smallest absolute Gasteiger partial charge is 0.328 e. The molecule has 0 bridgehead atoms. The van der Waals surface area contributed by atoms with Gasteiger partial charge in [-0.25, -0.2) is 4.79 Å². The number of ketones is 2. The summed E-state index contributed by atoms with van der Waals surface area (Å²) in [5, 5.41) is 0. The summed E-state index contributed by atoms with van der Waals surface area (Å²) in [6.45, 7) is 23.9. The third kappa shape index (κ3) is 23.1. The lowest BCUT2D eigenvalue weighted by Gasteiger charge is -2.44. The predicted molar refractivity (Wildman–Crippen MR) is 470 cm³/mol. The fraction of sp³-hybridized carbons (Fsp3) is 0.796. The van der Waals surface area contributed by atoms with Crippen LogP contribution in [0.4, 0.5) is 5.69 Å². The number of ether oxygens (including phenoxy) is 18. The van der Waals surface area contributed by atoms with E-state index in [0.717, 1.165) is 118 Å². The SMILES string of the molecule is CC[C@H]1CCC[C@H](O[C@H]2CC[C@H](N(C)C)[C@@H](C)O2)[C@@H](C)C(=O)C2=C[C@@H]3[C@@H](C=C(C)[C@@H]4C[C@@H](O[C@@H]5O[C@@H](C)[C@H](OC)[C@@H](OC)[C@H]5OC)C[C@@H]34)[C@@H]2CC(=O)O1.CC[C@H]1CCC[C@H](O[C@H]2CC[C@H](N(C)C)[C@@H](C)O2)[C@@H](C)C(=O)C2=C[C@@H]3[C@@H](C=C[C@@H]4C[C@@H](O[C@@H]5O[C@@H](C)[C@H](OC)[C@@H](OC)[C@H]5OC)C[C@@H]34)[C@@H]2CC(=O)O1.COCC(=O)N(c1c(C)cccc1C)[C@H](C)C(=O)OC. The van der Waals surface area contributed by atoms with Gasteiger partial charge in [-0.15, -0.1) is 0 Å². The number of hydrogen-bond donors (Lipinski definition) is 0. The predicted octanol–water partition coefficient (Wildman–Crippen LogP) is 13.2. The van der Waals surface area contributed by atoms with E-state index in [1.165, 1.54) is 24.7 Å². The zero-order valence-corrected chi connectivity index (χ0v) is 79.4. The number of fused-ring (bicyclic) bond motifs is 10. The molecule has 0 spiro atoms. The highest BCUT2D eigenvalue weighted by atomic mass is 16.7. The molecule has 0 unspecified atom stereocenters. The molecule has 27 nitrogen and oxygen atoms in total. The van der Waals surface area contributed by atoms with Crippen LogP contribution in [0.3, 0.4) is 0 Å². The molecule has 8 fully saturated rings. The van der Waals surface area contributed by atoms with Crippen LogP contribution in [0.1, 0.15) is 196 Å². The standard InChI is InChI=1S/C42H67NO10.C41H65NO10.C15H21NO4/c1-11-26-13-12-14-35(53-37-16-15-34(43(6)7)24(4)49-37)23(3)38(45)33-20-31-29(32(33)21-36(44)51-26)17-22(2)28-18-27(19-30(28)31)52-42-41(48-10)40(47-9)39(46-8)25(5)50-42;1-10-26-12-11-13-34(52-36-17-16-33(42(5)6)23(3)48-36)22(2)37(44)32-20-30-28(31(32)21-35(43)50-26)15-14-25-18-27(19-29(25)30)51-41-40(47-9)39(46-8)38(45-7)24(4)49-41;1-10-7-6-8-11(2)14(10)16(13(17)9-19-4)12(3)15(18)20-5/h17,20,23-32,34-35,37,39-42H,11-16,18-19,21H2,1-10H3;14-15,20,22-31,33-34,36,38-41H,10-13,16-19,21H2,1-9H3;6-8,12H,9H2,1-5H3/t23-,24-,25+,26+,27-,28+,29-,30-,31-,32+,34+,35+,37+,39+,40-,41-,42+;22-,23-,24+,25-,26+,27-,28-,29-,30-,31+,33+,34+,36+,38+,39-,40-,41+;12-/m111/s1. The molecule has 35 atom stereocenters. The first-order valence-corrected chi connectivity index (χ1v) is 46.7. The molecule has 1 amide bonds. The zero-order chi connectivity index (χ0) is 90.7. The van der Waals surface area contributed by atoms with Gasteiger partial charge in [0.25, 0.3) is 5.91 Å². The Balaban J connectivity index is 0.000000200. The Bertz CT molecular complexity index is 3830. The van der Waals surface area contributed by atoms with E-state index < -0.39 is 36.8 Å². The van der Waals surface area contributed by atoms with Crippen molar-refractivity contribution in [1.82, 2.24) is 9.80 Å². The molecule has 6 aliphatic heterocycles. The second kappa shape index (κ2) is 45.7. The average Bonchev–Trinajstić information content (AvgIpc) is 1.60. The van der Waals surface area contributed by atoms with Crippen LogP contribution < -0.4 is 4.90 Å². The van der Waals surface area contributed by atoms with Crippen LogP contribution in [0.25, 0.3) is 0 Å². The molecular weight excluding hydrogens is 1600 g/mol. The topological polar surface area (TPSA) is 278 Å². The largest absolute Gasteiger partial charge is 0.467 e. The zero-order valence-electron chi connectivity index (χ0n) is 79.4. The number of esters is 3. The molecule has 13 rings (SSSR count). The fourth-order valence-corrected chi connectivity index (χ4v) is 23.4. The molecule has 6 heterocycles. The fourth-order valence-electron chi connectivity index (χ4n) is 23.4. The van der Waals surface area contributed by atoms with Gasteiger partial charge >= 0.3 is 17.9 Å². The van der Waals surface area contributed by atoms with E-state index in [1.807, 2.05) is 59.7 Å². The number of anilines is 1. The normalized spacial score (nSPS) is 40.1. The maximum atomic E-state index is 14.7. The number of Topliss-reactive ketones (excluding diaryl/α,β-unsaturated/α-hetero) is 2.